The number of nitro groups is 1. The summed E-state index contributed by atoms with van der Waals surface area (Å²) < 4.78 is 36.2. The predicted molar refractivity (Wildman–Crippen MR) is 37.1 cm³/mol. The molecular weight excluding hydrogens is 191 g/mol. The molecule has 0 aliphatic carbocycles. The van der Waals surface area contributed by atoms with Crippen molar-refractivity contribution in [1.29, 1.82) is 0 Å². The molecule has 8 heteroatoms. The van der Waals surface area contributed by atoms with Crippen molar-refractivity contribution in [2.45, 2.75) is 12.2 Å². The molecule has 5 nitrogen and oxygen atoms in total. The summed E-state index contributed by atoms with van der Waals surface area (Å²) in [6.45, 7) is 0.367. The van der Waals surface area contributed by atoms with Gasteiger partial charge in [-0.25, -0.2) is 0 Å². The molecule has 1 aliphatic rings. The van der Waals surface area contributed by atoms with Crippen molar-refractivity contribution in [2.75, 3.05) is 13.1 Å². The summed E-state index contributed by atoms with van der Waals surface area (Å²) in [6.07, 6.45) is -4.89. The van der Waals surface area contributed by atoms with E-state index < -0.39 is 23.0 Å². The summed E-state index contributed by atoms with van der Waals surface area (Å²) in [5, 5.41) is 12.3. The molecule has 1 aliphatic heterocycles. The fraction of sp³-hybridized carbons (Fsp3) is 0.800. The molecule has 1 unspecified atom stereocenters. The van der Waals surface area contributed by atoms with Gasteiger partial charge in [-0.1, -0.05) is 0 Å². The molecular formula is C5H6F3N3O2. The van der Waals surface area contributed by atoms with Crippen LogP contribution in [0.15, 0.2) is 4.99 Å². The van der Waals surface area contributed by atoms with Gasteiger partial charge in [0.15, 0.2) is 5.84 Å². The first kappa shape index (κ1) is 9.75. The molecule has 0 saturated heterocycles. The first-order valence-corrected chi connectivity index (χ1v) is 3.41. The van der Waals surface area contributed by atoms with Crippen LogP contribution in [-0.4, -0.2) is 36.1 Å². The van der Waals surface area contributed by atoms with Gasteiger partial charge in [0.1, 0.15) is 0 Å². The molecule has 0 amide bonds. The van der Waals surface area contributed by atoms with Crippen molar-refractivity contribution in [2.24, 2.45) is 4.99 Å². The first-order chi connectivity index (χ1) is 5.93. The Labute approximate surface area is 70.8 Å². The van der Waals surface area contributed by atoms with Crippen LogP contribution in [0.5, 0.6) is 0 Å². The summed E-state index contributed by atoms with van der Waals surface area (Å²) in [5.41, 5.74) is 0. The summed E-state index contributed by atoms with van der Waals surface area (Å²) >= 11 is 0. The average molecular weight is 197 g/mol. The second-order valence-corrected chi connectivity index (χ2v) is 2.42. The predicted octanol–water partition coefficient (Wildman–Crippen LogP) is 0.196. The van der Waals surface area contributed by atoms with E-state index in [1.54, 1.807) is 0 Å². The van der Waals surface area contributed by atoms with Gasteiger partial charge < -0.3 is 5.32 Å². The van der Waals surface area contributed by atoms with Crippen molar-refractivity contribution < 1.29 is 18.1 Å². The highest BCUT2D eigenvalue weighted by Crippen LogP contribution is 2.23. The van der Waals surface area contributed by atoms with E-state index in [0.29, 0.717) is 0 Å². The summed E-state index contributed by atoms with van der Waals surface area (Å²) in [4.78, 5) is 12.1. The van der Waals surface area contributed by atoms with Gasteiger partial charge in [-0.15, -0.1) is 0 Å². The lowest BCUT2D eigenvalue weighted by Crippen LogP contribution is -2.47. The first-order valence-electron chi connectivity index (χ1n) is 3.41. The largest absolute Gasteiger partial charge is 0.465 e. The Morgan fingerprint density at radius 2 is 2.23 bits per heavy atom. The number of rotatable bonds is 2. The Kier molecular flexibility index (Phi) is 2.39. The number of nitrogens with one attached hydrogen (secondary N) is 1. The van der Waals surface area contributed by atoms with Crippen molar-refractivity contribution >= 4 is 5.84 Å². The molecule has 74 valence electrons. The fourth-order valence-corrected chi connectivity index (χ4v) is 0.974. The van der Waals surface area contributed by atoms with Gasteiger partial charge in [0.25, 0.3) is 0 Å². The lowest BCUT2D eigenvalue weighted by atomic mass is 10.3. The second kappa shape index (κ2) is 3.19. The zero-order valence-corrected chi connectivity index (χ0v) is 6.34. The van der Waals surface area contributed by atoms with E-state index in [0.717, 1.165) is 0 Å². The lowest BCUT2D eigenvalue weighted by molar-refractivity contribution is -0.542. The van der Waals surface area contributed by atoms with Crippen LogP contribution in [0, 0.1) is 10.1 Å². The smallest absolute Gasteiger partial charge is 0.366 e. The molecule has 1 atom stereocenters. The van der Waals surface area contributed by atoms with E-state index >= 15 is 0 Å². The molecule has 1 N–H and O–H groups in total. The lowest BCUT2D eigenvalue weighted by Gasteiger charge is -2.12. The average Bonchev–Trinajstić information content (AvgIpc) is 2.34. The maximum absolute atomic E-state index is 12.1. The second-order valence-electron chi connectivity index (χ2n) is 2.42. The number of hydrogen-bond donors (Lipinski definition) is 1. The van der Waals surface area contributed by atoms with Crippen molar-refractivity contribution in [3.63, 3.8) is 0 Å². The third-order valence-electron chi connectivity index (χ3n) is 1.48. The molecule has 1 rings (SSSR count). The van der Waals surface area contributed by atoms with Crippen LogP contribution >= 0.6 is 0 Å². The zero-order chi connectivity index (χ0) is 10.1. The van der Waals surface area contributed by atoms with Gasteiger partial charge >= 0.3 is 12.2 Å². The molecule has 0 aromatic rings. The van der Waals surface area contributed by atoms with E-state index in [1.807, 2.05) is 0 Å². The van der Waals surface area contributed by atoms with Crippen LogP contribution in [-0.2, 0) is 0 Å². The van der Waals surface area contributed by atoms with Crippen LogP contribution in [0.25, 0.3) is 0 Å². The van der Waals surface area contributed by atoms with Gasteiger partial charge in [-0.3, -0.25) is 15.1 Å². The number of halogens is 3. The number of alkyl halides is 3. The van der Waals surface area contributed by atoms with Gasteiger partial charge in [0.05, 0.1) is 6.54 Å². The maximum Gasteiger partial charge on any atom is 0.465 e. The molecule has 0 aromatic carbocycles. The number of hydrogen-bond acceptors (Lipinski definition) is 4. The quantitative estimate of drug-likeness (QED) is 0.507. The minimum Gasteiger partial charge on any atom is -0.366 e. The van der Waals surface area contributed by atoms with E-state index in [-0.39, 0.29) is 13.1 Å². The Morgan fingerprint density at radius 3 is 2.54 bits per heavy atom. The third kappa shape index (κ3) is 2.07. The molecule has 0 aromatic heterocycles. The van der Waals surface area contributed by atoms with E-state index in [2.05, 4.69) is 10.3 Å². The van der Waals surface area contributed by atoms with Gasteiger partial charge in [-0.2, -0.15) is 13.2 Å². The topological polar surface area (TPSA) is 67.5 Å². The normalized spacial score (nSPS) is 19.2. The fourth-order valence-electron chi connectivity index (χ4n) is 0.974. The Morgan fingerprint density at radius 1 is 1.62 bits per heavy atom. The minimum absolute atomic E-state index is 0.149. The van der Waals surface area contributed by atoms with Crippen molar-refractivity contribution in [3.8, 4) is 0 Å². The number of nitrogens with zero attached hydrogens (tertiary/aromatic N) is 2. The zero-order valence-electron chi connectivity index (χ0n) is 6.34. The third-order valence-corrected chi connectivity index (χ3v) is 1.48. The Bertz CT molecular complexity index is 250. The molecule has 0 fully saturated rings. The molecule has 1 heterocycles. The summed E-state index contributed by atoms with van der Waals surface area (Å²) in [6, 6.07) is -2.71. The van der Waals surface area contributed by atoms with E-state index in [9.17, 15) is 23.3 Å². The van der Waals surface area contributed by atoms with E-state index in [1.165, 1.54) is 0 Å². The van der Waals surface area contributed by atoms with Crippen LogP contribution in [0.4, 0.5) is 13.2 Å². The minimum atomic E-state index is -4.89. The van der Waals surface area contributed by atoms with Crippen LogP contribution in [0.2, 0.25) is 0 Å². The van der Waals surface area contributed by atoms with Crippen molar-refractivity contribution in [3.05, 3.63) is 10.1 Å². The van der Waals surface area contributed by atoms with Crippen LogP contribution < -0.4 is 5.32 Å². The molecule has 0 saturated carbocycles. The van der Waals surface area contributed by atoms with Gasteiger partial charge in [0.2, 0.25) is 0 Å². The molecule has 0 bridgehead atoms. The standard InChI is InChI=1S/C5H6F3N3O2/c6-5(7,8)3(11(12)13)4-9-1-2-10-4/h3H,1-2H2,(H,9,10). The van der Waals surface area contributed by atoms with Crippen LogP contribution in [0.3, 0.4) is 0 Å². The highest BCUT2D eigenvalue weighted by Gasteiger charge is 2.53. The summed E-state index contributed by atoms with van der Waals surface area (Å²) in [5.74, 6) is -0.600. The Hall–Kier alpha value is -1.34. The van der Waals surface area contributed by atoms with Crippen molar-refractivity contribution in [1.82, 2.24) is 5.32 Å². The maximum atomic E-state index is 12.1. The monoisotopic (exact) mass is 197 g/mol. The highest BCUT2D eigenvalue weighted by atomic mass is 19.4. The van der Waals surface area contributed by atoms with Gasteiger partial charge in [0, 0.05) is 11.5 Å². The number of aliphatic imine (C=N–C) groups is 1. The van der Waals surface area contributed by atoms with E-state index in [4.69, 9.17) is 0 Å². The number of amidine groups is 1. The summed E-state index contributed by atoms with van der Waals surface area (Å²) in [7, 11) is 0. The van der Waals surface area contributed by atoms with Gasteiger partial charge in [-0.05, 0) is 0 Å². The molecule has 0 radical (unpaired) electrons. The SMILES string of the molecule is O=[N+]([O-])C(C1=NCCN1)C(F)(F)F. The Balaban J connectivity index is 2.86. The molecule has 0 spiro atoms. The molecule has 13 heavy (non-hydrogen) atoms. The van der Waals surface area contributed by atoms with Crippen LogP contribution in [0.1, 0.15) is 0 Å². The highest BCUT2D eigenvalue weighted by molar-refractivity contribution is 5.88.